The van der Waals surface area contributed by atoms with Gasteiger partial charge < -0.3 is 33.4 Å². The first kappa shape index (κ1) is 30.3. The van der Waals surface area contributed by atoms with Gasteiger partial charge in [0.15, 0.2) is 5.12 Å². The van der Waals surface area contributed by atoms with Crippen molar-refractivity contribution in [2.24, 2.45) is 5.90 Å². The molecule has 2 N–H and O–H groups in total. The molecule has 0 aromatic carbocycles. The van der Waals surface area contributed by atoms with Crippen molar-refractivity contribution in [1.82, 2.24) is 4.90 Å². The second-order valence-electron chi connectivity index (χ2n) is 6.22. The van der Waals surface area contributed by atoms with Gasteiger partial charge in [0.25, 0.3) is 0 Å². The number of hydrogen-bond acceptors (Lipinski definition) is 10. The fourth-order valence-electron chi connectivity index (χ4n) is 2.21. The monoisotopic (exact) mass is 478 g/mol. The number of hydrogen-bond donors (Lipinski definition) is 2. The van der Waals surface area contributed by atoms with Gasteiger partial charge in [0.05, 0.1) is 72.3 Å². The first-order valence-electron chi connectivity index (χ1n) is 10.2. The quantitative estimate of drug-likeness (QED) is 0.0913. The number of carbonyl (C=O) groups is 3. The topological polar surface area (TPSA) is 136 Å². The lowest BCUT2D eigenvalue weighted by atomic mass is 10.3. The maximum atomic E-state index is 12.3. The summed E-state index contributed by atoms with van der Waals surface area (Å²) in [7, 11) is 0. The average molecular weight is 479 g/mol. The van der Waals surface area contributed by atoms with Gasteiger partial charge in [-0.15, -0.1) is 19.1 Å². The van der Waals surface area contributed by atoms with Gasteiger partial charge in [-0.25, -0.2) is 0 Å². The zero-order valence-electron chi connectivity index (χ0n) is 18.3. The van der Waals surface area contributed by atoms with Crippen LogP contribution in [0, 0.1) is 12.3 Å². The lowest BCUT2D eigenvalue weighted by Gasteiger charge is -2.21. The third-order valence-corrected chi connectivity index (χ3v) is 4.02. The van der Waals surface area contributed by atoms with Gasteiger partial charge in [0, 0.05) is 19.5 Å². The van der Waals surface area contributed by atoms with Gasteiger partial charge >= 0.3 is 5.97 Å². The van der Waals surface area contributed by atoms with Crippen molar-refractivity contribution < 1.29 is 42.9 Å². The minimum atomic E-state index is -0.643. The van der Waals surface area contributed by atoms with E-state index in [0.29, 0.717) is 52.9 Å². The Labute approximate surface area is 194 Å². The smallest absolute Gasteiger partial charge is 0.326 e. The van der Waals surface area contributed by atoms with Crippen molar-refractivity contribution >= 4 is 29.6 Å². The number of ether oxygens (including phenoxy) is 5. The average Bonchev–Trinajstić information content (AvgIpc) is 2.78. The Morgan fingerprint density at radius 1 is 0.750 bits per heavy atom. The number of nitrogens with zero attached hydrogens (tertiary/aromatic N) is 1. The zero-order chi connectivity index (χ0) is 23.9. The second-order valence-corrected chi connectivity index (χ2v) is 6.72. The van der Waals surface area contributed by atoms with Crippen molar-refractivity contribution in [3.05, 3.63) is 0 Å². The number of thiol groups is 1. The summed E-state index contributed by atoms with van der Waals surface area (Å²) in [6.07, 6.45) is 5.17. The molecule has 0 aromatic rings. The molecule has 0 aromatic heterocycles. The van der Waals surface area contributed by atoms with E-state index in [4.69, 9.17) is 36.0 Å². The summed E-state index contributed by atoms with van der Waals surface area (Å²) < 4.78 is 26.4. The van der Waals surface area contributed by atoms with Gasteiger partial charge in [-0.2, -0.15) is 5.90 Å². The van der Waals surface area contributed by atoms with Crippen molar-refractivity contribution in [1.29, 1.82) is 0 Å². The van der Waals surface area contributed by atoms with Crippen LogP contribution < -0.4 is 5.90 Å². The summed E-state index contributed by atoms with van der Waals surface area (Å²) in [4.78, 5) is 39.9. The number of rotatable bonds is 22. The summed E-state index contributed by atoms with van der Waals surface area (Å²) in [5.74, 6) is 6.27. The Hall–Kier alpha value is -1.72. The number of nitrogens with two attached hydrogens (primary N) is 1. The lowest BCUT2D eigenvalue weighted by molar-refractivity contribution is -0.145. The molecular weight excluding hydrogens is 444 g/mol. The predicted molar refractivity (Wildman–Crippen MR) is 118 cm³/mol. The van der Waals surface area contributed by atoms with Crippen LogP contribution in [0.25, 0.3) is 0 Å². The number of terminal acetylenes is 1. The molecule has 0 aliphatic rings. The Morgan fingerprint density at radius 2 is 1.22 bits per heavy atom. The van der Waals surface area contributed by atoms with E-state index < -0.39 is 5.97 Å². The zero-order valence-corrected chi connectivity index (χ0v) is 19.2. The molecule has 184 valence electrons. The third-order valence-electron chi connectivity index (χ3n) is 3.80. The number of carbonyl (C=O) groups excluding carboxylic acids is 3. The molecule has 0 aliphatic carbocycles. The van der Waals surface area contributed by atoms with Gasteiger partial charge in [-0.05, 0) is 0 Å². The summed E-state index contributed by atoms with van der Waals surface area (Å²) in [6.45, 7) is 4.09. The normalized spacial score (nSPS) is 10.5. The molecule has 0 fully saturated rings. The minimum absolute atomic E-state index is 0.0627. The van der Waals surface area contributed by atoms with E-state index in [0.717, 1.165) is 0 Å². The minimum Gasteiger partial charge on any atom is -0.379 e. The molecule has 0 unspecified atom stereocenters. The third kappa shape index (κ3) is 20.2. The van der Waals surface area contributed by atoms with Crippen molar-refractivity contribution in [3.8, 4) is 12.3 Å². The fourth-order valence-corrected chi connectivity index (χ4v) is 2.31. The molecule has 0 spiro atoms. The highest BCUT2D eigenvalue weighted by atomic mass is 32.1. The van der Waals surface area contributed by atoms with Crippen LogP contribution in [0.5, 0.6) is 0 Å². The fraction of sp³-hybridized carbons (Fsp3) is 0.750. The van der Waals surface area contributed by atoms with E-state index in [1.807, 2.05) is 0 Å². The highest BCUT2D eigenvalue weighted by Gasteiger charge is 2.16. The Bertz CT molecular complexity index is 558. The molecular formula is C20H34N2O9S. The summed E-state index contributed by atoms with van der Waals surface area (Å²) >= 11 is 3.68. The highest BCUT2D eigenvalue weighted by Crippen LogP contribution is 2.02. The van der Waals surface area contributed by atoms with Crippen LogP contribution >= 0.6 is 12.6 Å². The van der Waals surface area contributed by atoms with Crippen LogP contribution in [0.15, 0.2) is 0 Å². The van der Waals surface area contributed by atoms with E-state index in [1.54, 1.807) is 0 Å². The van der Waals surface area contributed by atoms with Crippen LogP contribution in [-0.2, 0) is 42.9 Å². The van der Waals surface area contributed by atoms with Crippen LogP contribution in [0.1, 0.15) is 19.3 Å². The molecule has 0 radical (unpaired) electrons. The molecule has 0 aliphatic heterocycles. The largest absolute Gasteiger partial charge is 0.379 e. The van der Waals surface area contributed by atoms with E-state index >= 15 is 0 Å². The summed E-state index contributed by atoms with van der Waals surface area (Å²) in [5, 5.41) is -0.347. The Kier molecular flexibility index (Phi) is 21.3. The standard InChI is InChI=1S/C20H34N2O9S/c1-2-8-26-10-12-28-14-16-30-17-15-29-13-11-27-9-5-18(23)22(7-4-20(25)32)6-3-19(24)31-21/h1H,3-17,21H2,(H,25,32). The van der Waals surface area contributed by atoms with Gasteiger partial charge in [-0.3, -0.25) is 14.4 Å². The molecule has 0 bridgehead atoms. The molecule has 11 nitrogen and oxygen atoms in total. The van der Waals surface area contributed by atoms with Crippen LogP contribution in [-0.4, -0.2) is 101 Å². The highest BCUT2D eigenvalue weighted by molar-refractivity contribution is 7.96. The lowest BCUT2D eigenvalue weighted by Crippen LogP contribution is -2.35. The molecule has 0 atom stereocenters. The van der Waals surface area contributed by atoms with E-state index in [1.165, 1.54) is 4.90 Å². The molecule has 12 heteroatoms. The first-order chi connectivity index (χ1) is 15.5. The van der Waals surface area contributed by atoms with Crippen LogP contribution in [0.3, 0.4) is 0 Å². The molecule has 0 saturated heterocycles. The Morgan fingerprint density at radius 3 is 1.69 bits per heavy atom. The maximum absolute atomic E-state index is 12.3. The van der Waals surface area contributed by atoms with Gasteiger partial charge in [-0.1, -0.05) is 5.92 Å². The molecule has 0 heterocycles. The molecule has 0 saturated carbocycles. The van der Waals surface area contributed by atoms with E-state index in [-0.39, 0.29) is 56.6 Å². The Balaban J connectivity index is 3.65. The van der Waals surface area contributed by atoms with Crippen molar-refractivity contribution in [2.45, 2.75) is 19.3 Å². The van der Waals surface area contributed by atoms with E-state index in [2.05, 4.69) is 23.4 Å². The van der Waals surface area contributed by atoms with Crippen molar-refractivity contribution in [2.75, 3.05) is 79.2 Å². The predicted octanol–water partition coefficient (Wildman–Crippen LogP) is -0.425. The first-order valence-corrected chi connectivity index (χ1v) is 10.7. The molecule has 0 rings (SSSR count). The van der Waals surface area contributed by atoms with E-state index in [9.17, 15) is 14.4 Å². The SMILES string of the molecule is C#CCOCCOCCOCCOCCOCCC(=O)N(CCC(=O)S)CCC(=O)ON. The number of amides is 1. The second kappa shape index (κ2) is 22.5. The van der Waals surface area contributed by atoms with Gasteiger partial charge in [0.2, 0.25) is 5.91 Å². The van der Waals surface area contributed by atoms with Crippen LogP contribution in [0.2, 0.25) is 0 Å². The van der Waals surface area contributed by atoms with Crippen LogP contribution in [0.4, 0.5) is 0 Å². The van der Waals surface area contributed by atoms with Crippen molar-refractivity contribution in [3.63, 3.8) is 0 Å². The van der Waals surface area contributed by atoms with Gasteiger partial charge in [0.1, 0.15) is 6.61 Å². The molecule has 32 heavy (non-hydrogen) atoms. The maximum Gasteiger partial charge on any atom is 0.326 e. The molecule has 1 amide bonds. The summed E-state index contributed by atoms with van der Waals surface area (Å²) in [6, 6.07) is 0. The summed E-state index contributed by atoms with van der Waals surface area (Å²) in [5.41, 5.74) is 0.